The molecule has 2 aromatic carbocycles. The molecule has 0 aromatic heterocycles. The fraction of sp³-hybridized carbons (Fsp3) is 0.150. The number of aryl methyl sites for hydroxylation is 1. The van der Waals surface area contributed by atoms with Crippen LogP contribution < -0.4 is 0 Å². The molecule has 2 nitrogen and oxygen atoms in total. The predicted octanol–water partition coefficient (Wildman–Crippen LogP) is 4.52. The van der Waals surface area contributed by atoms with Crippen LogP contribution in [-0.4, -0.2) is 4.90 Å². The molecule has 1 heterocycles. The molecule has 1 atom stereocenters. The van der Waals surface area contributed by atoms with Crippen molar-refractivity contribution in [2.45, 2.75) is 19.5 Å². The van der Waals surface area contributed by atoms with Gasteiger partial charge in [0.2, 0.25) is 0 Å². The van der Waals surface area contributed by atoms with Crippen molar-refractivity contribution < 1.29 is 0 Å². The van der Waals surface area contributed by atoms with E-state index in [1.807, 2.05) is 30.5 Å². The zero-order valence-electron chi connectivity index (χ0n) is 12.6. The Labute approximate surface area is 131 Å². The maximum atomic E-state index is 9.17. The zero-order chi connectivity index (χ0) is 15.4. The summed E-state index contributed by atoms with van der Waals surface area (Å²) in [4.78, 5) is 2.22. The Morgan fingerprint density at radius 1 is 1.05 bits per heavy atom. The van der Waals surface area contributed by atoms with Crippen molar-refractivity contribution in [3.8, 4) is 6.07 Å². The van der Waals surface area contributed by atoms with Gasteiger partial charge in [-0.1, -0.05) is 66.2 Å². The first-order valence-corrected chi connectivity index (χ1v) is 7.42. The first-order valence-electron chi connectivity index (χ1n) is 7.42. The normalized spacial score (nSPS) is 17.0. The predicted molar refractivity (Wildman–Crippen MR) is 88.7 cm³/mol. The lowest BCUT2D eigenvalue weighted by molar-refractivity contribution is 0.311. The second-order valence-corrected chi connectivity index (χ2v) is 5.57. The average molecular weight is 286 g/mol. The monoisotopic (exact) mass is 286 g/mol. The van der Waals surface area contributed by atoms with Crippen LogP contribution in [0.5, 0.6) is 0 Å². The highest BCUT2D eigenvalue weighted by Crippen LogP contribution is 2.29. The fourth-order valence-electron chi connectivity index (χ4n) is 2.68. The molecule has 0 saturated carbocycles. The summed E-state index contributed by atoms with van der Waals surface area (Å²) < 4.78 is 0. The fourth-order valence-corrected chi connectivity index (χ4v) is 2.68. The molecule has 0 fully saturated rings. The molecule has 0 aliphatic carbocycles. The molecule has 1 aliphatic rings. The summed E-state index contributed by atoms with van der Waals surface area (Å²) in [6, 6.07) is 21.3. The topological polar surface area (TPSA) is 27.0 Å². The number of hydrogen-bond donors (Lipinski definition) is 0. The van der Waals surface area contributed by atoms with E-state index in [1.165, 1.54) is 16.7 Å². The van der Waals surface area contributed by atoms with Crippen molar-refractivity contribution in [1.29, 1.82) is 5.26 Å². The molecule has 3 rings (SSSR count). The van der Waals surface area contributed by atoms with E-state index in [0.717, 1.165) is 6.54 Å². The van der Waals surface area contributed by atoms with Gasteiger partial charge in [0.25, 0.3) is 0 Å². The van der Waals surface area contributed by atoms with Gasteiger partial charge in [0.1, 0.15) is 6.07 Å². The molecule has 2 aromatic rings. The molecule has 0 spiro atoms. The Morgan fingerprint density at radius 2 is 1.77 bits per heavy atom. The maximum Gasteiger partial charge on any atom is 0.101 e. The highest BCUT2D eigenvalue weighted by atomic mass is 15.1. The minimum Gasteiger partial charge on any atom is -0.361 e. The van der Waals surface area contributed by atoms with E-state index in [0.29, 0.717) is 5.57 Å². The van der Waals surface area contributed by atoms with Crippen LogP contribution in [0, 0.1) is 18.3 Å². The molecule has 0 bridgehead atoms. The molecule has 108 valence electrons. The van der Waals surface area contributed by atoms with E-state index in [-0.39, 0.29) is 6.04 Å². The average Bonchev–Trinajstić information content (AvgIpc) is 2.57. The summed E-state index contributed by atoms with van der Waals surface area (Å²) in [5.41, 5.74) is 4.43. The molecule has 0 amide bonds. The van der Waals surface area contributed by atoms with Gasteiger partial charge in [0.15, 0.2) is 0 Å². The number of allylic oxidation sites excluding steroid dienone is 2. The van der Waals surface area contributed by atoms with Crippen molar-refractivity contribution >= 4 is 0 Å². The lowest BCUT2D eigenvalue weighted by Crippen LogP contribution is -2.24. The third-order valence-corrected chi connectivity index (χ3v) is 3.88. The second-order valence-electron chi connectivity index (χ2n) is 5.57. The van der Waals surface area contributed by atoms with Gasteiger partial charge in [0.05, 0.1) is 11.6 Å². The van der Waals surface area contributed by atoms with Crippen LogP contribution in [0.4, 0.5) is 0 Å². The molecule has 22 heavy (non-hydrogen) atoms. The van der Waals surface area contributed by atoms with Crippen LogP contribution in [0.1, 0.15) is 22.7 Å². The van der Waals surface area contributed by atoms with Crippen molar-refractivity contribution in [2.75, 3.05) is 0 Å². The molecular weight excluding hydrogens is 268 g/mol. The molecule has 1 aliphatic heterocycles. The van der Waals surface area contributed by atoms with E-state index in [9.17, 15) is 5.26 Å². The van der Waals surface area contributed by atoms with E-state index < -0.39 is 0 Å². The quantitative estimate of drug-likeness (QED) is 0.829. The number of benzene rings is 2. The Kier molecular flexibility index (Phi) is 4.07. The van der Waals surface area contributed by atoms with Gasteiger partial charge in [-0.25, -0.2) is 0 Å². The summed E-state index contributed by atoms with van der Waals surface area (Å²) >= 11 is 0. The Morgan fingerprint density at radius 3 is 2.45 bits per heavy atom. The second kappa shape index (κ2) is 6.32. The lowest BCUT2D eigenvalue weighted by Gasteiger charge is -2.31. The van der Waals surface area contributed by atoms with Gasteiger partial charge < -0.3 is 4.90 Å². The molecular formula is C20H18N2. The van der Waals surface area contributed by atoms with Crippen LogP contribution in [-0.2, 0) is 6.54 Å². The van der Waals surface area contributed by atoms with Gasteiger partial charge in [-0.05, 0) is 24.1 Å². The largest absolute Gasteiger partial charge is 0.361 e. The lowest BCUT2D eigenvalue weighted by atomic mass is 9.99. The zero-order valence-corrected chi connectivity index (χ0v) is 12.6. The van der Waals surface area contributed by atoms with Gasteiger partial charge in [0, 0.05) is 12.7 Å². The van der Waals surface area contributed by atoms with Crippen molar-refractivity contribution in [2.24, 2.45) is 0 Å². The number of nitrogens with zero attached hydrogens (tertiary/aromatic N) is 2. The highest BCUT2D eigenvalue weighted by Gasteiger charge is 2.19. The number of hydrogen-bond acceptors (Lipinski definition) is 2. The van der Waals surface area contributed by atoms with Gasteiger partial charge >= 0.3 is 0 Å². The van der Waals surface area contributed by atoms with E-state index >= 15 is 0 Å². The smallest absolute Gasteiger partial charge is 0.101 e. The summed E-state index contributed by atoms with van der Waals surface area (Å²) in [7, 11) is 0. The van der Waals surface area contributed by atoms with Crippen LogP contribution in [0.15, 0.2) is 78.5 Å². The molecule has 2 heteroatoms. The first-order chi connectivity index (χ1) is 10.8. The third kappa shape index (κ3) is 3.10. The summed E-state index contributed by atoms with van der Waals surface area (Å²) in [6.45, 7) is 2.88. The van der Waals surface area contributed by atoms with Gasteiger partial charge in [-0.15, -0.1) is 0 Å². The molecule has 0 radical (unpaired) electrons. The van der Waals surface area contributed by atoms with Crippen LogP contribution in [0.25, 0.3) is 0 Å². The molecule has 0 N–H and O–H groups in total. The van der Waals surface area contributed by atoms with Crippen molar-refractivity contribution in [3.05, 3.63) is 95.2 Å². The third-order valence-electron chi connectivity index (χ3n) is 3.88. The Balaban J connectivity index is 1.90. The van der Waals surface area contributed by atoms with E-state index in [4.69, 9.17) is 0 Å². The SMILES string of the molecule is Cc1ccc(C2C=CC(C#N)=CN2Cc2ccccc2)cc1. The first kappa shape index (κ1) is 14.2. The minimum absolute atomic E-state index is 0.165. The number of nitriles is 1. The standard InChI is InChI=1S/C20H18N2/c1-16-7-10-19(11-8-16)20-12-9-18(13-21)15-22(20)14-17-5-3-2-4-6-17/h2-12,15,20H,14H2,1H3. The van der Waals surface area contributed by atoms with Gasteiger partial charge in [-0.3, -0.25) is 0 Å². The molecule has 1 unspecified atom stereocenters. The Hall–Kier alpha value is -2.79. The van der Waals surface area contributed by atoms with Crippen LogP contribution >= 0.6 is 0 Å². The van der Waals surface area contributed by atoms with E-state index in [2.05, 4.69) is 60.4 Å². The Bertz CT molecular complexity index is 734. The minimum atomic E-state index is 0.165. The summed E-state index contributed by atoms with van der Waals surface area (Å²) in [5, 5.41) is 9.17. The summed E-state index contributed by atoms with van der Waals surface area (Å²) in [5.74, 6) is 0. The maximum absolute atomic E-state index is 9.17. The van der Waals surface area contributed by atoms with Gasteiger partial charge in [-0.2, -0.15) is 5.26 Å². The van der Waals surface area contributed by atoms with Crippen molar-refractivity contribution in [1.82, 2.24) is 4.90 Å². The van der Waals surface area contributed by atoms with Crippen LogP contribution in [0.3, 0.4) is 0 Å². The molecule has 0 saturated heterocycles. The number of rotatable bonds is 3. The summed E-state index contributed by atoms with van der Waals surface area (Å²) in [6.07, 6.45) is 5.97. The van der Waals surface area contributed by atoms with Crippen molar-refractivity contribution in [3.63, 3.8) is 0 Å². The highest BCUT2D eigenvalue weighted by molar-refractivity contribution is 5.39. The van der Waals surface area contributed by atoms with Crippen LogP contribution in [0.2, 0.25) is 0 Å². The van der Waals surface area contributed by atoms with E-state index in [1.54, 1.807) is 0 Å².